The molecule has 2 aromatic carbocycles. The minimum absolute atomic E-state index is 0.211. The standard InChI is InChI=1S/C36H50N6O8/c1-22-19-42(23(2)21-43)34(44)30-18-28(37-35(45)39-33-25(4)40-50-26(33)5)13-16-31(30)49-24(3)10-8-9-17-48-32(22)20-41(6)36(46)38-27-11-14-29(47-7)15-12-27/h11-16,18,22-24,32,43H,8-10,17,19-21H2,1-7H3,(H,38,46)(H2,37,39,45)/t22-,23-,24-,32+/m0/s1. The van der Waals surface area contributed by atoms with Gasteiger partial charge >= 0.3 is 12.1 Å². The Morgan fingerprint density at radius 3 is 2.46 bits per heavy atom. The number of rotatable bonds is 8. The van der Waals surface area contributed by atoms with Crippen molar-refractivity contribution in [3.63, 3.8) is 0 Å². The van der Waals surface area contributed by atoms with Crippen molar-refractivity contribution in [2.45, 2.75) is 72.1 Å². The lowest BCUT2D eigenvalue weighted by Gasteiger charge is -2.35. The first-order valence-electron chi connectivity index (χ1n) is 16.9. The van der Waals surface area contributed by atoms with Crippen LogP contribution in [0.1, 0.15) is 61.8 Å². The number of aryl methyl sites for hydroxylation is 2. The van der Waals surface area contributed by atoms with Gasteiger partial charge in [0.1, 0.15) is 22.9 Å². The molecular weight excluding hydrogens is 644 g/mol. The van der Waals surface area contributed by atoms with Crippen LogP contribution in [0.3, 0.4) is 0 Å². The third-order valence-corrected chi connectivity index (χ3v) is 8.72. The Bertz CT molecular complexity index is 1580. The number of nitrogens with one attached hydrogen (secondary N) is 3. The van der Waals surface area contributed by atoms with Gasteiger partial charge in [0.05, 0.1) is 37.5 Å². The van der Waals surface area contributed by atoms with E-state index in [4.69, 9.17) is 18.7 Å². The second kappa shape index (κ2) is 17.7. The van der Waals surface area contributed by atoms with Crippen LogP contribution in [0.4, 0.5) is 26.7 Å². The zero-order chi connectivity index (χ0) is 36.4. The number of ether oxygens (including phenoxy) is 3. The molecule has 2 heterocycles. The zero-order valence-electron chi connectivity index (χ0n) is 29.9. The summed E-state index contributed by atoms with van der Waals surface area (Å²) in [4.78, 5) is 43.6. The van der Waals surface area contributed by atoms with Gasteiger partial charge in [-0.3, -0.25) is 4.79 Å². The number of carbonyl (C=O) groups is 3. The van der Waals surface area contributed by atoms with E-state index < -0.39 is 18.2 Å². The summed E-state index contributed by atoms with van der Waals surface area (Å²) in [6.07, 6.45) is 1.70. The number of likely N-dealkylation sites (N-methyl/N-ethyl adjacent to an activating group) is 1. The molecule has 0 fully saturated rings. The van der Waals surface area contributed by atoms with Crippen molar-refractivity contribution in [1.82, 2.24) is 15.0 Å². The molecule has 1 aliphatic rings. The van der Waals surface area contributed by atoms with E-state index in [1.54, 1.807) is 87.2 Å². The SMILES string of the molecule is COc1ccc(NC(=O)N(C)C[C@H]2OCCCC[C@H](C)Oc3ccc(NC(=O)Nc4c(C)noc4C)cc3C(=O)N([C@@H](C)CO)C[C@@H]2C)cc1. The molecule has 4 N–H and O–H groups in total. The Morgan fingerprint density at radius 2 is 1.80 bits per heavy atom. The van der Waals surface area contributed by atoms with Gasteiger partial charge in [-0.25, -0.2) is 9.59 Å². The first kappa shape index (κ1) is 38.0. The van der Waals surface area contributed by atoms with Gasteiger partial charge in [0.2, 0.25) is 0 Å². The van der Waals surface area contributed by atoms with E-state index >= 15 is 0 Å². The van der Waals surface area contributed by atoms with Crippen LogP contribution in [0.2, 0.25) is 0 Å². The van der Waals surface area contributed by atoms with Crippen LogP contribution in [0.5, 0.6) is 11.5 Å². The average Bonchev–Trinajstić information content (AvgIpc) is 3.41. The number of fused-ring (bicyclic) bond motifs is 1. The topological polar surface area (TPSA) is 168 Å². The first-order valence-corrected chi connectivity index (χ1v) is 16.9. The molecule has 0 spiro atoms. The highest BCUT2D eigenvalue weighted by Crippen LogP contribution is 2.29. The van der Waals surface area contributed by atoms with Crippen molar-refractivity contribution >= 4 is 35.0 Å². The summed E-state index contributed by atoms with van der Waals surface area (Å²) in [5, 5.41) is 22.5. The molecule has 1 aromatic heterocycles. The summed E-state index contributed by atoms with van der Waals surface area (Å²) >= 11 is 0. The fraction of sp³-hybridized carbons (Fsp3) is 0.500. The summed E-state index contributed by atoms with van der Waals surface area (Å²) < 4.78 is 23.0. The van der Waals surface area contributed by atoms with Gasteiger partial charge in [-0.05, 0) is 89.4 Å². The molecule has 5 amide bonds. The number of urea groups is 2. The molecule has 1 aliphatic heterocycles. The predicted octanol–water partition coefficient (Wildman–Crippen LogP) is 5.90. The smallest absolute Gasteiger partial charge is 0.323 e. The number of hydrogen-bond donors (Lipinski definition) is 4. The lowest BCUT2D eigenvalue weighted by molar-refractivity contribution is -0.0115. The number of methoxy groups -OCH3 is 1. The Balaban J connectivity index is 1.57. The minimum atomic E-state index is -0.556. The predicted molar refractivity (Wildman–Crippen MR) is 190 cm³/mol. The van der Waals surface area contributed by atoms with Crippen LogP contribution < -0.4 is 25.4 Å². The molecule has 4 atom stereocenters. The van der Waals surface area contributed by atoms with Crippen LogP contribution >= 0.6 is 0 Å². The molecule has 0 radical (unpaired) electrons. The first-order chi connectivity index (χ1) is 23.9. The van der Waals surface area contributed by atoms with Crippen molar-refractivity contribution < 1.29 is 38.2 Å². The number of anilines is 3. The Hall–Kier alpha value is -4.82. The normalized spacial score (nSPS) is 19.3. The summed E-state index contributed by atoms with van der Waals surface area (Å²) in [6, 6.07) is 10.6. The van der Waals surface area contributed by atoms with E-state index in [0.29, 0.717) is 46.6 Å². The van der Waals surface area contributed by atoms with Crippen LogP contribution in [0.25, 0.3) is 0 Å². The average molecular weight is 695 g/mol. The Morgan fingerprint density at radius 1 is 1.08 bits per heavy atom. The van der Waals surface area contributed by atoms with Crippen LogP contribution in [-0.4, -0.2) is 96.7 Å². The van der Waals surface area contributed by atoms with E-state index in [-0.39, 0.29) is 49.2 Å². The number of benzene rings is 2. The lowest BCUT2D eigenvalue weighted by Crippen LogP contribution is -2.48. The van der Waals surface area contributed by atoms with E-state index in [2.05, 4.69) is 21.1 Å². The molecule has 3 aromatic rings. The fourth-order valence-corrected chi connectivity index (χ4v) is 5.65. The summed E-state index contributed by atoms with van der Waals surface area (Å²) in [5.41, 5.74) is 2.24. The molecule has 0 bridgehead atoms. The largest absolute Gasteiger partial charge is 0.497 e. The second-order valence-corrected chi connectivity index (χ2v) is 12.8. The van der Waals surface area contributed by atoms with Gasteiger partial charge in [-0.15, -0.1) is 0 Å². The highest BCUT2D eigenvalue weighted by molar-refractivity contribution is 6.03. The molecule has 0 aliphatic carbocycles. The van der Waals surface area contributed by atoms with Crippen LogP contribution in [0.15, 0.2) is 47.0 Å². The Kier molecular flexibility index (Phi) is 13.5. The minimum Gasteiger partial charge on any atom is -0.497 e. The zero-order valence-corrected chi connectivity index (χ0v) is 29.9. The number of aliphatic hydroxyl groups excluding tert-OH is 1. The highest BCUT2D eigenvalue weighted by Gasteiger charge is 2.31. The molecule has 0 saturated carbocycles. The number of aliphatic hydroxyl groups is 1. The van der Waals surface area contributed by atoms with E-state index in [1.807, 2.05) is 13.8 Å². The number of amides is 5. The number of nitrogens with zero attached hydrogens (tertiary/aromatic N) is 3. The van der Waals surface area contributed by atoms with Crippen molar-refractivity contribution in [3.05, 3.63) is 59.5 Å². The molecule has 272 valence electrons. The summed E-state index contributed by atoms with van der Waals surface area (Å²) in [5.74, 6) is 0.911. The molecule has 0 saturated heterocycles. The Labute approximate surface area is 293 Å². The third-order valence-electron chi connectivity index (χ3n) is 8.72. The van der Waals surface area contributed by atoms with Gasteiger partial charge in [-0.2, -0.15) is 0 Å². The molecule has 14 nitrogen and oxygen atoms in total. The van der Waals surface area contributed by atoms with E-state index in [0.717, 1.165) is 19.3 Å². The number of hydrogen-bond acceptors (Lipinski definition) is 9. The summed E-state index contributed by atoms with van der Waals surface area (Å²) in [6.45, 7) is 9.77. The van der Waals surface area contributed by atoms with Gasteiger partial charge in [0.25, 0.3) is 5.91 Å². The van der Waals surface area contributed by atoms with Gasteiger partial charge in [0.15, 0.2) is 5.76 Å². The van der Waals surface area contributed by atoms with Crippen molar-refractivity contribution in [2.75, 3.05) is 56.4 Å². The monoisotopic (exact) mass is 694 g/mol. The van der Waals surface area contributed by atoms with Crippen LogP contribution in [-0.2, 0) is 4.74 Å². The summed E-state index contributed by atoms with van der Waals surface area (Å²) in [7, 11) is 3.28. The maximum Gasteiger partial charge on any atom is 0.323 e. The van der Waals surface area contributed by atoms with Gasteiger partial charge < -0.3 is 49.6 Å². The maximum atomic E-state index is 14.4. The number of aromatic nitrogens is 1. The van der Waals surface area contributed by atoms with E-state index in [1.165, 1.54) is 0 Å². The highest BCUT2D eigenvalue weighted by atomic mass is 16.5. The van der Waals surface area contributed by atoms with Gasteiger partial charge in [-0.1, -0.05) is 12.1 Å². The molecule has 14 heteroatoms. The maximum absolute atomic E-state index is 14.4. The molecule has 50 heavy (non-hydrogen) atoms. The van der Waals surface area contributed by atoms with Crippen molar-refractivity contribution in [2.24, 2.45) is 5.92 Å². The van der Waals surface area contributed by atoms with E-state index in [9.17, 15) is 19.5 Å². The fourth-order valence-electron chi connectivity index (χ4n) is 5.65. The van der Waals surface area contributed by atoms with Gasteiger partial charge in [0, 0.05) is 44.0 Å². The molecular formula is C36H50N6O8. The van der Waals surface area contributed by atoms with Crippen molar-refractivity contribution in [1.29, 1.82) is 0 Å². The third kappa shape index (κ3) is 10.1. The molecule has 4 rings (SSSR count). The molecule has 0 unspecified atom stereocenters. The number of carbonyl (C=O) groups excluding carboxylic acids is 3. The van der Waals surface area contributed by atoms with Crippen molar-refractivity contribution in [3.8, 4) is 11.5 Å². The van der Waals surface area contributed by atoms with Crippen LogP contribution in [0, 0.1) is 19.8 Å². The lowest BCUT2D eigenvalue weighted by atomic mass is 10.0. The second-order valence-electron chi connectivity index (χ2n) is 12.8. The quantitative estimate of drug-likeness (QED) is 0.224.